The first-order chi connectivity index (χ1) is 5.73. The van der Waals surface area contributed by atoms with Gasteiger partial charge in [-0.3, -0.25) is 0 Å². The first kappa shape index (κ1) is 12.7. The van der Waals surface area contributed by atoms with Gasteiger partial charge in [-0.05, 0) is 30.6 Å². The minimum Gasteiger partial charge on any atom is -0.100 e. The zero-order valence-electron chi connectivity index (χ0n) is 10.3. The maximum Gasteiger partial charge on any atom is -0.0266 e. The van der Waals surface area contributed by atoms with Crippen LogP contribution in [0.3, 0.4) is 0 Å². The van der Waals surface area contributed by atoms with Crippen LogP contribution < -0.4 is 0 Å². The van der Waals surface area contributed by atoms with Crippen LogP contribution in [-0.2, 0) is 0 Å². The van der Waals surface area contributed by atoms with E-state index in [1.807, 2.05) is 0 Å². The molecule has 0 nitrogen and oxygen atoms in total. The van der Waals surface area contributed by atoms with Crippen LogP contribution in [0, 0.1) is 10.8 Å². The van der Waals surface area contributed by atoms with E-state index in [1.165, 1.54) is 18.4 Å². The van der Waals surface area contributed by atoms with Gasteiger partial charge >= 0.3 is 0 Å². The second-order valence-corrected chi connectivity index (χ2v) is 5.65. The Morgan fingerprint density at radius 1 is 1.08 bits per heavy atom. The molecule has 0 rings (SSSR count). The molecule has 0 aromatic rings. The number of hydrogen-bond acceptors (Lipinski definition) is 0. The van der Waals surface area contributed by atoms with E-state index in [4.69, 9.17) is 0 Å². The van der Waals surface area contributed by atoms with Crippen molar-refractivity contribution in [3.8, 4) is 0 Å². The van der Waals surface area contributed by atoms with Gasteiger partial charge in [0.1, 0.15) is 0 Å². The lowest BCUT2D eigenvalue weighted by molar-refractivity contribution is 0.0976. The Morgan fingerprint density at radius 2 is 1.54 bits per heavy atom. The van der Waals surface area contributed by atoms with Crippen LogP contribution in [0.25, 0.3) is 0 Å². The van der Waals surface area contributed by atoms with E-state index in [9.17, 15) is 0 Å². The molecule has 0 aliphatic rings. The molecule has 0 fully saturated rings. The molecule has 0 heterocycles. The summed E-state index contributed by atoms with van der Waals surface area (Å²) in [5, 5.41) is 0. The summed E-state index contributed by atoms with van der Waals surface area (Å²) in [5.74, 6) is 0. The molecule has 0 atom stereocenters. The van der Waals surface area contributed by atoms with E-state index < -0.39 is 0 Å². The summed E-state index contributed by atoms with van der Waals surface area (Å²) in [7, 11) is 0. The van der Waals surface area contributed by atoms with Crippen LogP contribution in [-0.4, -0.2) is 0 Å². The molecule has 78 valence electrons. The second kappa shape index (κ2) is 4.30. The van der Waals surface area contributed by atoms with Gasteiger partial charge in [-0.1, -0.05) is 46.6 Å². The summed E-state index contributed by atoms with van der Waals surface area (Å²) in [4.78, 5) is 0. The van der Waals surface area contributed by atoms with Crippen LogP contribution in [0.4, 0.5) is 0 Å². The van der Waals surface area contributed by atoms with Gasteiger partial charge in [-0.15, -0.1) is 6.58 Å². The zero-order valence-corrected chi connectivity index (χ0v) is 10.3. The average molecular weight is 182 g/mol. The highest BCUT2D eigenvalue weighted by atomic mass is 14.4. The van der Waals surface area contributed by atoms with Crippen molar-refractivity contribution in [2.24, 2.45) is 10.8 Å². The number of hydrogen-bond donors (Lipinski definition) is 0. The van der Waals surface area contributed by atoms with Crippen molar-refractivity contribution in [3.63, 3.8) is 0 Å². The Morgan fingerprint density at radius 3 is 1.85 bits per heavy atom. The van der Waals surface area contributed by atoms with Crippen LogP contribution >= 0.6 is 0 Å². The Hall–Kier alpha value is -0.260. The normalized spacial score (nSPS) is 13.1. The van der Waals surface area contributed by atoms with E-state index in [2.05, 4.69) is 48.1 Å². The lowest BCUT2D eigenvalue weighted by Crippen LogP contribution is -2.32. The largest absolute Gasteiger partial charge is 0.100 e. The topological polar surface area (TPSA) is 0 Å². The first-order valence-electron chi connectivity index (χ1n) is 5.37. The van der Waals surface area contributed by atoms with Gasteiger partial charge in [-0.2, -0.15) is 0 Å². The molecule has 0 aromatic heterocycles. The van der Waals surface area contributed by atoms with Gasteiger partial charge in [0, 0.05) is 0 Å². The molecular formula is C13H26. The molecule has 0 amide bonds. The fraction of sp³-hybridized carbons (Fsp3) is 0.846. The van der Waals surface area contributed by atoms with Crippen molar-refractivity contribution in [1.82, 2.24) is 0 Å². The van der Waals surface area contributed by atoms with Crippen molar-refractivity contribution in [2.75, 3.05) is 0 Å². The monoisotopic (exact) mass is 182 g/mol. The Labute approximate surface area is 84.4 Å². The summed E-state index contributed by atoms with van der Waals surface area (Å²) in [6.45, 7) is 17.9. The Balaban J connectivity index is 4.49. The molecule has 0 spiro atoms. The third-order valence-electron chi connectivity index (χ3n) is 3.45. The van der Waals surface area contributed by atoms with Gasteiger partial charge in [0.2, 0.25) is 0 Å². The standard InChI is InChI=1S/C13H26/c1-8-9-12(4,5)13(6,7)10-11(2)3/h2,8-10H2,1,3-7H3. The second-order valence-electron chi connectivity index (χ2n) is 5.65. The fourth-order valence-corrected chi connectivity index (χ4v) is 1.96. The van der Waals surface area contributed by atoms with E-state index in [0.717, 1.165) is 6.42 Å². The SMILES string of the molecule is C=C(C)CC(C)(C)C(C)(C)CCC. The zero-order chi connectivity index (χ0) is 10.7. The van der Waals surface area contributed by atoms with Crippen LogP contribution in [0.2, 0.25) is 0 Å². The quantitative estimate of drug-likeness (QED) is 0.535. The maximum atomic E-state index is 4.01. The van der Waals surface area contributed by atoms with E-state index >= 15 is 0 Å². The molecule has 0 N–H and O–H groups in total. The Bertz CT molecular complexity index is 172. The van der Waals surface area contributed by atoms with Crippen molar-refractivity contribution in [1.29, 1.82) is 0 Å². The molecule has 13 heavy (non-hydrogen) atoms. The molecule has 0 radical (unpaired) electrons. The molecule has 0 aromatic carbocycles. The van der Waals surface area contributed by atoms with Crippen molar-refractivity contribution in [2.45, 2.75) is 60.8 Å². The summed E-state index contributed by atoms with van der Waals surface area (Å²) < 4.78 is 0. The smallest absolute Gasteiger partial charge is 0.0266 e. The third kappa shape index (κ3) is 3.54. The molecule has 0 saturated carbocycles. The summed E-state index contributed by atoms with van der Waals surface area (Å²) in [6.07, 6.45) is 3.71. The molecule has 0 saturated heterocycles. The average Bonchev–Trinajstić information content (AvgIpc) is 1.82. The highest BCUT2D eigenvalue weighted by molar-refractivity contribution is 4.98. The van der Waals surface area contributed by atoms with Gasteiger partial charge in [0.15, 0.2) is 0 Å². The Kier molecular flexibility index (Phi) is 4.22. The predicted molar refractivity (Wildman–Crippen MR) is 61.9 cm³/mol. The lowest BCUT2D eigenvalue weighted by atomic mass is 9.63. The number of allylic oxidation sites excluding steroid dienone is 1. The first-order valence-corrected chi connectivity index (χ1v) is 5.37. The molecule has 0 aliphatic carbocycles. The molecule has 0 heteroatoms. The van der Waals surface area contributed by atoms with Gasteiger partial charge in [0.05, 0.1) is 0 Å². The van der Waals surface area contributed by atoms with E-state index in [0.29, 0.717) is 10.8 Å². The predicted octanol–water partition coefficient (Wildman–Crippen LogP) is 4.81. The van der Waals surface area contributed by atoms with E-state index in [1.54, 1.807) is 0 Å². The highest BCUT2D eigenvalue weighted by Crippen LogP contribution is 2.45. The van der Waals surface area contributed by atoms with Crippen molar-refractivity contribution in [3.05, 3.63) is 12.2 Å². The van der Waals surface area contributed by atoms with Gasteiger partial charge in [0.25, 0.3) is 0 Å². The third-order valence-corrected chi connectivity index (χ3v) is 3.45. The van der Waals surface area contributed by atoms with Crippen LogP contribution in [0.15, 0.2) is 12.2 Å². The molecule has 0 bridgehead atoms. The minimum absolute atomic E-state index is 0.370. The maximum absolute atomic E-state index is 4.01. The highest BCUT2D eigenvalue weighted by Gasteiger charge is 2.35. The van der Waals surface area contributed by atoms with Crippen LogP contribution in [0.5, 0.6) is 0 Å². The van der Waals surface area contributed by atoms with Crippen molar-refractivity contribution < 1.29 is 0 Å². The van der Waals surface area contributed by atoms with Crippen molar-refractivity contribution >= 4 is 0 Å². The molecule has 0 aliphatic heterocycles. The fourth-order valence-electron chi connectivity index (χ4n) is 1.96. The number of rotatable bonds is 5. The minimum atomic E-state index is 0.370. The summed E-state index contributed by atoms with van der Waals surface area (Å²) >= 11 is 0. The van der Waals surface area contributed by atoms with Gasteiger partial charge in [-0.25, -0.2) is 0 Å². The van der Waals surface area contributed by atoms with Gasteiger partial charge < -0.3 is 0 Å². The van der Waals surface area contributed by atoms with E-state index in [-0.39, 0.29) is 0 Å². The lowest BCUT2D eigenvalue weighted by Gasteiger charge is -2.42. The summed E-state index contributed by atoms with van der Waals surface area (Å²) in [5.41, 5.74) is 2.09. The summed E-state index contributed by atoms with van der Waals surface area (Å²) in [6, 6.07) is 0. The molecular weight excluding hydrogens is 156 g/mol. The van der Waals surface area contributed by atoms with Crippen LogP contribution in [0.1, 0.15) is 60.8 Å². The molecule has 0 unspecified atom stereocenters.